The summed E-state index contributed by atoms with van der Waals surface area (Å²) in [7, 11) is 0. The zero-order valence-electron chi connectivity index (χ0n) is 9.10. The van der Waals surface area contributed by atoms with E-state index in [0.29, 0.717) is 15.5 Å². The lowest BCUT2D eigenvalue weighted by molar-refractivity contribution is 0.163. The minimum Gasteiger partial charge on any atom is -0.384 e. The van der Waals surface area contributed by atoms with Crippen LogP contribution < -0.4 is 11.1 Å². The molecule has 3 N–H and O–H groups in total. The molecule has 2 nitrogen and oxygen atoms in total. The van der Waals surface area contributed by atoms with Crippen molar-refractivity contribution in [1.82, 2.24) is 0 Å². The summed E-state index contributed by atoms with van der Waals surface area (Å²) >= 11 is 11.8. The van der Waals surface area contributed by atoms with Gasteiger partial charge in [-0.1, -0.05) is 29.6 Å². The summed E-state index contributed by atoms with van der Waals surface area (Å²) in [5, 5.41) is 4.56. The molecule has 4 heteroatoms. The predicted octanol–water partition coefficient (Wildman–Crippen LogP) is 3.53. The maximum atomic E-state index is 5.95. The number of anilines is 1. The Kier molecular flexibility index (Phi) is 3.63. The van der Waals surface area contributed by atoms with E-state index in [1.165, 1.54) is 19.3 Å². The summed E-state index contributed by atoms with van der Waals surface area (Å²) in [5.41, 5.74) is 7.11. The number of hydrogen-bond donors (Lipinski definition) is 2. The summed E-state index contributed by atoms with van der Waals surface area (Å²) in [4.78, 5) is 0. The molecule has 1 saturated carbocycles. The Hall–Kier alpha value is -0.440. The van der Waals surface area contributed by atoms with Gasteiger partial charge in [-0.05, 0) is 43.0 Å². The Morgan fingerprint density at radius 2 is 2.00 bits per heavy atom. The highest BCUT2D eigenvalue weighted by Crippen LogP contribution is 2.40. The third kappa shape index (κ3) is 2.45. The van der Waals surface area contributed by atoms with Crippen LogP contribution in [-0.2, 0) is 0 Å². The molecule has 0 spiro atoms. The Bertz CT molecular complexity index is 370. The second kappa shape index (κ2) is 4.82. The smallest absolute Gasteiger partial charge is 0.0612 e. The first kappa shape index (κ1) is 12.0. The molecule has 0 amide bonds. The lowest BCUT2D eigenvalue weighted by Gasteiger charge is -2.41. The van der Waals surface area contributed by atoms with Gasteiger partial charge >= 0.3 is 0 Å². The fourth-order valence-corrected chi connectivity index (χ4v) is 2.32. The molecular formula is C12H16Cl2N2. The Labute approximate surface area is 106 Å². The topological polar surface area (TPSA) is 38.0 Å². The van der Waals surface area contributed by atoms with Crippen molar-refractivity contribution in [3.63, 3.8) is 0 Å². The van der Waals surface area contributed by atoms with Gasteiger partial charge in [0.1, 0.15) is 0 Å². The average Bonchev–Trinajstić information content (AvgIpc) is 2.22. The van der Waals surface area contributed by atoms with E-state index in [0.717, 1.165) is 18.8 Å². The molecular weight excluding hydrogens is 243 g/mol. The van der Waals surface area contributed by atoms with E-state index in [-0.39, 0.29) is 0 Å². The van der Waals surface area contributed by atoms with Crippen molar-refractivity contribution >= 4 is 28.9 Å². The highest BCUT2D eigenvalue weighted by molar-refractivity contribution is 6.42. The van der Waals surface area contributed by atoms with Crippen LogP contribution in [0.1, 0.15) is 19.3 Å². The van der Waals surface area contributed by atoms with E-state index in [4.69, 9.17) is 28.9 Å². The van der Waals surface area contributed by atoms with E-state index < -0.39 is 0 Å². The monoisotopic (exact) mass is 258 g/mol. The first-order valence-corrected chi connectivity index (χ1v) is 6.30. The van der Waals surface area contributed by atoms with Gasteiger partial charge in [0.25, 0.3) is 0 Å². The summed E-state index contributed by atoms with van der Waals surface area (Å²) in [6.07, 6.45) is 3.73. The number of rotatable bonds is 4. The van der Waals surface area contributed by atoms with Crippen LogP contribution in [0.15, 0.2) is 18.2 Å². The van der Waals surface area contributed by atoms with Crippen LogP contribution in [-0.4, -0.2) is 13.1 Å². The van der Waals surface area contributed by atoms with Gasteiger partial charge in [-0.3, -0.25) is 0 Å². The van der Waals surface area contributed by atoms with Crippen molar-refractivity contribution in [2.75, 3.05) is 18.4 Å². The normalized spacial score (nSPS) is 17.9. The van der Waals surface area contributed by atoms with Gasteiger partial charge in [0, 0.05) is 12.2 Å². The first-order valence-electron chi connectivity index (χ1n) is 5.54. The molecule has 0 atom stereocenters. The molecule has 0 bridgehead atoms. The molecule has 0 aromatic heterocycles. The molecule has 16 heavy (non-hydrogen) atoms. The van der Waals surface area contributed by atoms with Crippen molar-refractivity contribution < 1.29 is 0 Å². The highest BCUT2D eigenvalue weighted by atomic mass is 35.5. The largest absolute Gasteiger partial charge is 0.384 e. The standard InChI is InChI=1S/C12H16Cl2N2/c13-10-3-2-9(6-11(10)14)16-8-12(7-15)4-1-5-12/h2-3,6,16H,1,4-5,7-8,15H2. The summed E-state index contributed by atoms with van der Waals surface area (Å²) in [6, 6.07) is 5.60. The number of nitrogens with two attached hydrogens (primary N) is 1. The van der Waals surface area contributed by atoms with Crippen molar-refractivity contribution in [2.45, 2.75) is 19.3 Å². The number of halogens is 2. The maximum absolute atomic E-state index is 5.95. The number of benzene rings is 1. The third-order valence-electron chi connectivity index (χ3n) is 3.43. The van der Waals surface area contributed by atoms with Crippen LogP contribution in [0.4, 0.5) is 5.69 Å². The molecule has 1 fully saturated rings. The van der Waals surface area contributed by atoms with E-state index in [1.54, 1.807) is 0 Å². The molecule has 0 saturated heterocycles. The lowest BCUT2D eigenvalue weighted by Crippen LogP contribution is -2.42. The van der Waals surface area contributed by atoms with Crippen LogP contribution >= 0.6 is 23.2 Å². The Morgan fingerprint density at radius 3 is 2.50 bits per heavy atom. The van der Waals surface area contributed by atoms with Gasteiger partial charge in [-0.2, -0.15) is 0 Å². The molecule has 0 aliphatic heterocycles. The van der Waals surface area contributed by atoms with Crippen LogP contribution in [0.3, 0.4) is 0 Å². The molecule has 1 aliphatic rings. The van der Waals surface area contributed by atoms with E-state index in [2.05, 4.69) is 5.32 Å². The van der Waals surface area contributed by atoms with E-state index in [9.17, 15) is 0 Å². The lowest BCUT2D eigenvalue weighted by atomic mass is 9.69. The fraction of sp³-hybridized carbons (Fsp3) is 0.500. The van der Waals surface area contributed by atoms with E-state index in [1.807, 2.05) is 18.2 Å². The van der Waals surface area contributed by atoms with Gasteiger partial charge in [0.2, 0.25) is 0 Å². The zero-order chi connectivity index (χ0) is 11.6. The minimum absolute atomic E-state index is 0.298. The summed E-state index contributed by atoms with van der Waals surface area (Å²) < 4.78 is 0. The first-order chi connectivity index (χ1) is 7.65. The third-order valence-corrected chi connectivity index (χ3v) is 4.17. The molecule has 1 aliphatic carbocycles. The number of hydrogen-bond acceptors (Lipinski definition) is 2. The van der Waals surface area contributed by atoms with Crippen molar-refractivity contribution in [1.29, 1.82) is 0 Å². The second-order valence-corrected chi connectivity index (χ2v) is 5.35. The fourth-order valence-electron chi connectivity index (χ4n) is 2.03. The van der Waals surface area contributed by atoms with Crippen LogP contribution in [0.2, 0.25) is 10.0 Å². The maximum Gasteiger partial charge on any atom is 0.0612 e. The van der Waals surface area contributed by atoms with Crippen molar-refractivity contribution in [3.8, 4) is 0 Å². The Morgan fingerprint density at radius 1 is 1.25 bits per heavy atom. The minimum atomic E-state index is 0.298. The average molecular weight is 259 g/mol. The highest BCUT2D eigenvalue weighted by Gasteiger charge is 2.35. The molecule has 0 heterocycles. The van der Waals surface area contributed by atoms with Gasteiger partial charge in [0.15, 0.2) is 0 Å². The molecule has 2 rings (SSSR count). The predicted molar refractivity (Wildman–Crippen MR) is 70.3 cm³/mol. The van der Waals surface area contributed by atoms with Crippen LogP contribution in [0.25, 0.3) is 0 Å². The van der Waals surface area contributed by atoms with Crippen molar-refractivity contribution in [3.05, 3.63) is 28.2 Å². The SMILES string of the molecule is NCC1(CNc2ccc(Cl)c(Cl)c2)CCC1. The van der Waals surface area contributed by atoms with Crippen LogP contribution in [0, 0.1) is 5.41 Å². The molecule has 1 aromatic carbocycles. The van der Waals surface area contributed by atoms with Gasteiger partial charge in [-0.15, -0.1) is 0 Å². The second-order valence-electron chi connectivity index (χ2n) is 4.54. The molecule has 1 aromatic rings. The summed E-state index contributed by atoms with van der Waals surface area (Å²) in [5.74, 6) is 0. The van der Waals surface area contributed by atoms with Crippen LogP contribution in [0.5, 0.6) is 0 Å². The molecule has 88 valence electrons. The van der Waals surface area contributed by atoms with Gasteiger partial charge < -0.3 is 11.1 Å². The van der Waals surface area contributed by atoms with Crippen molar-refractivity contribution in [2.24, 2.45) is 11.1 Å². The van der Waals surface area contributed by atoms with Gasteiger partial charge in [0.05, 0.1) is 10.0 Å². The number of nitrogens with one attached hydrogen (secondary N) is 1. The van der Waals surface area contributed by atoms with E-state index >= 15 is 0 Å². The molecule has 0 radical (unpaired) electrons. The summed E-state index contributed by atoms with van der Waals surface area (Å²) in [6.45, 7) is 1.67. The van der Waals surface area contributed by atoms with Gasteiger partial charge in [-0.25, -0.2) is 0 Å². The zero-order valence-corrected chi connectivity index (χ0v) is 10.6. The quantitative estimate of drug-likeness (QED) is 0.868. The Balaban J connectivity index is 1.96. The molecule has 0 unspecified atom stereocenters.